The van der Waals surface area contributed by atoms with Crippen molar-refractivity contribution in [2.75, 3.05) is 5.84 Å². The molecule has 0 bridgehead atoms. The molecule has 0 spiro atoms. The first-order valence-electron chi connectivity index (χ1n) is 5.92. The molecule has 22 heavy (non-hydrogen) atoms. The molecule has 0 aliphatic heterocycles. The SMILES string of the molecule is Nn1c(Sc2ccc([N+](=O)[O-])cc2F)nnc1-c1ccco1. The zero-order chi connectivity index (χ0) is 15.7. The minimum Gasteiger partial charge on any atom is -0.461 e. The largest absolute Gasteiger partial charge is 0.461 e. The Morgan fingerprint density at radius 1 is 1.36 bits per heavy atom. The average Bonchev–Trinajstić information content (AvgIpc) is 3.11. The van der Waals surface area contributed by atoms with E-state index >= 15 is 0 Å². The van der Waals surface area contributed by atoms with Gasteiger partial charge in [-0.25, -0.2) is 9.07 Å². The molecule has 3 aromatic rings. The van der Waals surface area contributed by atoms with Gasteiger partial charge in [-0.1, -0.05) is 0 Å². The summed E-state index contributed by atoms with van der Waals surface area (Å²) in [6.07, 6.45) is 1.47. The van der Waals surface area contributed by atoms with Gasteiger partial charge in [-0.05, 0) is 30.0 Å². The highest BCUT2D eigenvalue weighted by atomic mass is 32.2. The van der Waals surface area contributed by atoms with E-state index in [0.29, 0.717) is 5.76 Å². The van der Waals surface area contributed by atoms with Crippen LogP contribution < -0.4 is 5.84 Å². The maximum Gasteiger partial charge on any atom is 0.272 e. The number of nitro benzene ring substituents is 1. The lowest BCUT2D eigenvalue weighted by atomic mass is 10.3. The van der Waals surface area contributed by atoms with Crippen molar-refractivity contribution in [3.8, 4) is 11.6 Å². The summed E-state index contributed by atoms with van der Waals surface area (Å²) in [7, 11) is 0. The van der Waals surface area contributed by atoms with E-state index in [0.717, 1.165) is 22.5 Å². The van der Waals surface area contributed by atoms with Gasteiger partial charge in [0.1, 0.15) is 5.82 Å². The first kappa shape index (κ1) is 14.1. The number of hydrogen-bond donors (Lipinski definition) is 1. The van der Waals surface area contributed by atoms with Crippen molar-refractivity contribution >= 4 is 17.4 Å². The molecule has 0 amide bonds. The van der Waals surface area contributed by atoms with Gasteiger partial charge < -0.3 is 10.3 Å². The Kier molecular flexibility index (Phi) is 3.51. The molecule has 112 valence electrons. The lowest BCUT2D eigenvalue weighted by molar-refractivity contribution is -0.385. The zero-order valence-electron chi connectivity index (χ0n) is 10.8. The lowest BCUT2D eigenvalue weighted by Crippen LogP contribution is -2.11. The summed E-state index contributed by atoms with van der Waals surface area (Å²) in [5.41, 5.74) is -0.327. The molecule has 0 aliphatic carbocycles. The minimum atomic E-state index is -0.734. The third kappa shape index (κ3) is 2.51. The number of hydrogen-bond acceptors (Lipinski definition) is 7. The maximum absolute atomic E-state index is 13.9. The average molecular weight is 321 g/mol. The zero-order valence-corrected chi connectivity index (χ0v) is 11.7. The predicted octanol–water partition coefficient (Wildman–Crippen LogP) is 2.45. The summed E-state index contributed by atoms with van der Waals surface area (Å²) in [5, 5.41) is 18.5. The van der Waals surface area contributed by atoms with E-state index in [1.165, 1.54) is 18.4 Å². The van der Waals surface area contributed by atoms with Gasteiger partial charge in [0.05, 0.1) is 22.1 Å². The van der Waals surface area contributed by atoms with E-state index in [9.17, 15) is 14.5 Å². The van der Waals surface area contributed by atoms with Gasteiger partial charge in [0.15, 0.2) is 5.76 Å². The van der Waals surface area contributed by atoms with Crippen molar-refractivity contribution in [1.82, 2.24) is 14.9 Å². The molecule has 0 aliphatic rings. The first-order chi connectivity index (χ1) is 10.6. The van der Waals surface area contributed by atoms with Gasteiger partial charge in [0.2, 0.25) is 11.0 Å². The van der Waals surface area contributed by atoms with Gasteiger partial charge in [-0.2, -0.15) is 0 Å². The molecule has 0 radical (unpaired) electrons. The topological polar surface area (TPSA) is 113 Å². The lowest BCUT2D eigenvalue weighted by Gasteiger charge is -2.03. The van der Waals surface area contributed by atoms with E-state index < -0.39 is 10.7 Å². The van der Waals surface area contributed by atoms with Crippen LogP contribution >= 0.6 is 11.8 Å². The highest BCUT2D eigenvalue weighted by molar-refractivity contribution is 7.99. The van der Waals surface area contributed by atoms with Gasteiger partial charge in [-0.15, -0.1) is 10.2 Å². The standard InChI is InChI=1S/C12H8FN5O3S/c13-8-6-7(18(19)20)3-4-10(8)22-12-16-15-11(17(12)14)9-2-1-5-21-9/h1-6H,14H2. The van der Waals surface area contributed by atoms with Crippen LogP contribution in [-0.4, -0.2) is 19.8 Å². The van der Waals surface area contributed by atoms with E-state index in [1.54, 1.807) is 12.1 Å². The van der Waals surface area contributed by atoms with Crippen molar-refractivity contribution < 1.29 is 13.7 Å². The number of furan rings is 1. The molecule has 0 saturated heterocycles. The van der Waals surface area contributed by atoms with Crippen LogP contribution in [0.15, 0.2) is 51.1 Å². The molecule has 0 unspecified atom stereocenters. The second-order valence-electron chi connectivity index (χ2n) is 4.13. The Hall–Kier alpha value is -2.88. The quantitative estimate of drug-likeness (QED) is 0.446. The fourth-order valence-electron chi connectivity index (χ4n) is 1.70. The second-order valence-corrected chi connectivity index (χ2v) is 5.14. The third-order valence-electron chi connectivity index (χ3n) is 2.73. The summed E-state index contributed by atoms with van der Waals surface area (Å²) in [4.78, 5) is 10.1. The molecule has 2 aromatic heterocycles. The number of non-ortho nitro benzene ring substituents is 1. The number of nitrogens with two attached hydrogens (primary N) is 1. The van der Waals surface area contributed by atoms with Crippen LogP contribution in [0, 0.1) is 15.9 Å². The molecule has 0 atom stereocenters. The van der Waals surface area contributed by atoms with Crippen LogP contribution in [-0.2, 0) is 0 Å². The summed E-state index contributed by atoms with van der Waals surface area (Å²) in [5.74, 6) is 5.83. The van der Waals surface area contributed by atoms with Gasteiger partial charge in [0.25, 0.3) is 5.69 Å². The molecular weight excluding hydrogens is 313 g/mol. The summed E-state index contributed by atoms with van der Waals surface area (Å²) in [6, 6.07) is 6.67. The van der Waals surface area contributed by atoms with E-state index in [1.807, 2.05) is 0 Å². The minimum absolute atomic E-state index is 0.149. The number of nitro groups is 1. The third-order valence-corrected chi connectivity index (χ3v) is 3.75. The second kappa shape index (κ2) is 5.48. The molecule has 1 aromatic carbocycles. The van der Waals surface area contributed by atoms with Crippen molar-refractivity contribution in [3.63, 3.8) is 0 Å². The maximum atomic E-state index is 13.9. The summed E-state index contributed by atoms with van der Waals surface area (Å²) < 4.78 is 20.2. The Labute approximate surface area is 126 Å². The first-order valence-corrected chi connectivity index (χ1v) is 6.74. The monoisotopic (exact) mass is 321 g/mol. The summed E-state index contributed by atoms with van der Waals surface area (Å²) in [6.45, 7) is 0. The fraction of sp³-hybridized carbons (Fsp3) is 0. The van der Waals surface area contributed by atoms with Crippen molar-refractivity contribution in [2.24, 2.45) is 0 Å². The van der Waals surface area contributed by atoms with Crippen LogP contribution in [0.25, 0.3) is 11.6 Å². The van der Waals surface area contributed by atoms with E-state index in [-0.39, 0.29) is 21.6 Å². The molecule has 3 rings (SSSR count). The number of nitrogens with zero attached hydrogens (tertiary/aromatic N) is 4. The van der Waals surface area contributed by atoms with Crippen molar-refractivity contribution in [2.45, 2.75) is 10.1 Å². The Morgan fingerprint density at radius 3 is 2.82 bits per heavy atom. The van der Waals surface area contributed by atoms with Crippen LogP contribution in [0.4, 0.5) is 10.1 Å². The molecule has 10 heteroatoms. The normalized spacial score (nSPS) is 10.8. The molecule has 8 nitrogen and oxygen atoms in total. The van der Waals surface area contributed by atoms with Gasteiger partial charge in [-0.3, -0.25) is 10.1 Å². The van der Waals surface area contributed by atoms with Crippen molar-refractivity contribution in [1.29, 1.82) is 0 Å². The molecule has 2 N–H and O–H groups in total. The molecule has 0 saturated carbocycles. The summed E-state index contributed by atoms with van der Waals surface area (Å²) >= 11 is 0.904. The molecule has 0 fully saturated rings. The predicted molar refractivity (Wildman–Crippen MR) is 75.1 cm³/mol. The number of halogens is 1. The molecule has 2 heterocycles. The Balaban J connectivity index is 1.90. The van der Waals surface area contributed by atoms with Crippen LogP contribution in [0.1, 0.15) is 0 Å². The Bertz CT molecular complexity index is 833. The number of benzene rings is 1. The fourth-order valence-corrected chi connectivity index (χ4v) is 2.46. The highest BCUT2D eigenvalue weighted by Crippen LogP contribution is 2.31. The van der Waals surface area contributed by atoms with Crippen LogP contribution in [0.2, 0.25) is 0 Å². The van der Waals surface area contributed by atoms with Crippen LogP contribution in [0.5, 0.6) is 0 Å². The Morgan fingerprint density at radius 2 is 2.18 bits per heavy atom. The molecular formula is C12H8FN5O3S. The van der Waals surface area contributed by atoms with E-state index in [4.69, 9.17) is 10.3 Å². The number of rotatable bonds is 4. The number of nitrogen functional groups attached to an aromatic ring is 1. The smallest absolute Gasteiger partial charge is 0.272 e. The van der Waals surface area contributed by atoms with Crippen molar-refractivity contribution in [3.05, 3.63) is 52.5 Å². The van der Waals surface area contributed by atoms with Gasteiger partial charge >= 0.3 is 0 Å². The number of aromatic nitrogens is 3. The van der Waals surface area contributed by atoms with Gasteiger partial charge in [0, 0.05) is 6.07 Å². The highest BCUT2D eigenvalue weighted by Gasteiger charge is 2.17. The van der Waals surface area contributed by atoms with E-state index in [2.05, 4.69) is 10.2 Å². The van der Waals surface area contributed by atoms with Crippen LogP contribution in [0.3, 0.4) is 0 Å².